The second kappa shape index (κ2) is 12.1. The highest BCUT2D eigenvalue weighted by atomic mass is 19.4. The van der Waals surface area contributed by atoms with Crippen molar-refractivity contribution in [1.29, 1.82) is 0 Å². The standard InChI is InChI=1S/C19H28N2O.C2HF3O2/c1-4-6-7-11-18-17(5-2)20-15-21(18)14-13-16-10-8-9-12-19(16)22-3;3-2(4,5)1(6)7/h8-10,12,15H,4-7,11,13-14H2,1-3H3;(H,6,7). The lowest BCUT2D eigenvalue weighted by atomic mass is 10.1. The van der Waals surface area contributed by atoms with E-state index in [9.17, 15) is 13.2 Å². The molecule has 29 heavy (non-hydrogen) atoms. The molecule has 0 atom stereocenters. The van der Waals surface area contributed by atoms with Crippen molar-refractivity contribution in [2.24, 2.45) is 0 Å². The number of methoxy groups -OCH3 is 1. The number of hydrogen-bond donors (Lipinski definition) is 1. The monoisotopic (exact) mass is 414 g/mol. The third kappa shape index (κ3) is 8.17. The third-order valence-corrected chi connectivity index (χ3v) is 4.44. The number of nitrogens with zero attached hydrogens (tertiary/aromatic N) is 2. The zero-order chi connectivity index (χ0) is 21.9. The first kappa shape index (κ1) is 24.5. The van der Waals surface area contributed by atoms with Gasteiger partial charge in [0.15, 0.2) is 0 Å². The summed E-state index contributed by atoms with van der Waals surface area (Å²) in [5, 5.41) is 7.12. The number of aliphatic carboxylic acids is 1. The number of hydrogen-bond acceptors (Lipinski definition) is 3. The Balaban J connectivity index is 0.000000516. The van der Waals surface area contributed by atoms with Gasteiger partial charge >= 0.3 is 12.1 Å². The Morgan fingerprint density at radius 3 is 2.38 bits per heavy atom. The minimum absolute atomic E-state index is 0.967. The molecule has 0 aliphatic rings. The largest absolute Gasteiger partial charge is 0.496 e. The molecular weight excluding hydrogens is 385 g/mol. The number of halogens is 3. The van der Waals surface area contributed by atoms with Crippen molar-refractivity contribution in [2.45, 2.75) is 65.1 Å². The molecule has 0 amide bonds. The van der Waals surface area contributed by atoms with Crippen LogP contribution in [-0.4, -0.2) is 33.9 Å². The molecule has 0 aliphatic heterocycles. The number of aryl methyl sites for hydroxylation is 3. The molecule has 0 bridgehead atoms. The first-order valence-electron chi connectivity index (χ1n) is 9.69. The molecule has 0 saturated carbocycles. The first-order valence-corrected chi connectivity index (χ1v) is 9.69. The molecule has 0 radical (unpaired) electrons. The number of para-hydroxylation sites is 1. The normalized spacial score (nSPS) is 11.0. The van der Waals surface area contributed by atoms with Crippen molar-refractivity contribution in [3.63, 3.8) is 0 Å². The van der Waals surface area contributed by atoms with E-state index in [-0.39, 0.29) is 0 Å². The predicted molar refractivity (Wildman–Crippen MR) is 105 cm³/mol. The van der Waals surface area contributed by atoms with Gasteiger partial charge in [-0.25, -0.2) is 9.78 Å². The van der Waals surface area contributed by atoms with E-state index in [2.05, 4.69) is 35.5 Å². The van der Waals surface area contributed by atoms with E-state index in [1.54, 1.807) is 7.11 Å². The van der Waals surface area contributed by atoms with Crippen molar-refractivity contribution >= 4 is 5.97 Å². The minimum Gasteiger partial charge on any atom is -0.496 e. The Hall–Kier alpha value is -2.51. The summed E-state index contributed by atoms with van der Waals surface area (Å²) in [5.41, 5.74) is 3.94. The molecule has 162 valence electrons. The molecule has 1 heterocycles. The number of ether oxygens (including phenoxy) is 1. The highest BCUT2D eigenvalue weighted by Gasteiger charge is 2.38. The van der Waals surface area contributed by atoms with Crippen molar-refractivity contribution in [3.8, 4) is 5.75 Å². The van der Waals surface area contributed by atoms with Crippen LogP contribution in [0.2, 0.25) is 0 Å². The van der Waals surface area contributed by atoms with Gasteiger partial charge in [-0.3, -0.25) is 0 Å². The van der Waals surface area contributed by atoms with Crippen molar-refractivity contribution in [2.75, 3.05) is 7.11 Å². The lowest BCUT2D eigenvalue weighted by Gasteiger charge is -2.12. The van der Waals surface area contributed by atoms with Crippen LogP contribution in [0.5, 0.6) is 5.75 Å². The van der Waals surface area contributed by atoms with Crippen LogP contribution in [0.3, 0.4) is 0 Å². The topological polar surface area (TPSA) is 64.4 Å². The maximum Gasteiger partial charge on any atom is 0.490 e. The predicted octanol–water partition coefficient (Wildman–Crippen LogP) is 5.06. The van der Waals surface area contributed by atoms with Gasteiger partial charge in [-0.2, -0.15) is 13.2 Å². The van der Waals surface area contributed by atoms with Crippen LogP contribution in [0.15, 0.2) is 30.6 Å². The molecule has 2 aromatic rings. The quantitative estimate of drug-likeness (QED) is 0.583. The van der Waals surface area contributed by atoms with Gasteiger partial charge in [0.05, 0.1) is 19.1 Å². The van der Waals surface area contributed by atoms with Crippen LogP contribution in [0.25, 0.3) is 0 Å². The SMILES string of the molecule is CCCCCc1c(CC)ncn1CCc1ccccc1OC.O=C(O)C(F)(F)F. The van der Waals surface area contributed by atoms with E-state index in [0.29, 0.717) is 0 Å². The number of carbonyl (C=O) groups is 1. The minimum atomic E-state index is -5.08. The molecule has 1 N–H and O–H groups in total. The first-order chi connectivity index (χ1) is 13.7. The van der Waals surface area contributed by atoms with Gasteiger partial charge < -0.3 is 14.4 Å². The number of aromatic nitrogens is 2. The van der Waals surface area contributed by atoms with Crippen LogP contribution in [0.4, 0.5) is 13.2 Å². The number of carboxylic acid groups (broad SMARTS) is 1. The Kier molecular flexibility index (Phi) is 10.3. The van der Waals surface area contributed by atoms with Crippen LogP contribution in [0, 0.1) is 0 Å². The Labute approximate surface area is 169 Å². The lowest BCUT2D eigenvalue weighted by molar-refractivity contribution is -0.192. The highest BCUT2D eigenvalue weighted by molar-refractivity contribution is 5.73. The van der Waals surface area contributed by atoms with Gasteiger partial charge in [0.2, 0.25) is 0 Å². The van der Waals surface area contributed by atoms with Gasteiger partial charge in [0, 0.05) is 12.2 Å². The summed E-state index contributed by atoms with van der Waals surface area (Å²) >= 11 is 0. The zero-order valence-corrected chi connectivity index (χ0v) is 17.1. The third-order valence-electron chi connectivity index (χ3n) is 4.44. The zero-order valence-electron chi connectivity index (χ0n) is 17.1. The number of rotatable bonds is 9. The van der Waals surface area contributed by atoms with Gasteiger partial charge in [0.25, 0.3) is 0 Å². The molecule has 0 fully saturated rings. The molecule has 0 spiro atoms. The fraction of sp³-hybridized carbons (Fsp3) is 0.524. The van der Waals surface area contributed by atoms with Crippen LogP contribution in [0.1, 0.15) is 50.1 Å². The Morgan fingerprint density at radius 2 is 1.83 bits per heavy atom. The van der Waals surface area contributed by atoms with Crippen LogP contribution < -0.4 is 4.74 Å². The summed E-state index contributed by atoms with van der Waals surface area (Å²) in [6.45, 7) is 5.41. The smallest absolute Gasteiger partial charge is 0.490 e. The highest BCUT2D eigenvalue weighted by Crippen LogP contribution is 2.20. The van der Waals surface area contributed by atoms with Gasteiger partial charge in [-0.05, 0) is 37.3 Å². The summed E-state index contributed by atoms with van der Waals surface area (Å²) in [7, 11) is 1.74. The fourth-order valence-corrected chi connectivity index (χ4v) is 2.92. The van der Waals surface area contributed by atoms with Gasteiger partial charge in [-0.15, -0.1) is 0 Å². The average Bonchev–Trinajstić information content (AvgIpc) is 3.08. The number of carboxylic acids is 1. The van der Waals surface area contributed by atoms with E-state index in [1.807, 2.05) is 18.5 Å². The summed E-state index contributed by atoms with van der Waals surface area (Å²) in [6, 6.07) is 8.27. The van der Waals surface area contributed by atoms with E-state index >= 15 is 0 Å². The molecule has 5 nitrogen and oxygen atoms in total. The number of unbranched alkanes of at least 4 members (excludes halogenated alkanes) is 2. The number of benzene rings is 1. The van der Waals surface area contributed by atoms with E-state index in [4.69, 9.17) is 14.6 Å². The summed E-state index contributed by atoms with van der Waals surface area (Å²) in [5.74, 6) is -1.78. The number of imidazole rings is 1. The van der Waals surface area contributed by atoms with Crippen molar-refractivity contribution < 1.29 is 27.8 Å². The maximum absolute atomic E-state index is 10.6. The number of alkyl halides is 3. The summed E-state index contributed by atoms with van der Waals surface area (Å²) in [6.07, 6.45) is 3.87. The van der Waals surface area contributed by atoms with Crippen LogP contribution >= 0.6 is 0 Å². The molecule has 0 aliphatic carbocycles. The van der Waals surface area contributed by atoms with E-state index < -0.39 is 12.1 Å². The van der Waals surface area contributed by atoms with E-state index in [1.165, 1.54) is 36.2 Å². The summed E-state index contributed by atoms with van der Waals surface area (Å²) in [4.78, 5) is 13.5. The molecule has 0 saturated heterocycles. The molecule has 1 aromatic carbocycles. The molecular formula is C21H29F3N2O3. The fourth-order valence-electron chi connectivity index (χ4n) is 2.92. The van der Waals surface area contributed by atoms with E-state index in [0.717, 1.165) is 31.6 Å². The van der Waals surface area contributed by atoms with Gasteiger partial charge in [-0.1, -0.05) is 44.9 Å². The Bertz CT molecular complexity index is 758. The lowest BCUT2D eigenvalue weighted by Crippen LogP contribution is -2.21. The molecule has 8 heteroatoms. The van der Waals surface area contributed by atoms with Crippen molar-refractivity contribution in [3.05, 3.63) is 47.5 Å². The molecule has 0 unspecified atom stereocenters. The maximum atomic E-state index is 10.6. The van der Waals surface area contributed by atoms with Gasteiger partial charge in [0.1, 0.15) is 5.75 Å². The Morgan fingerprint density at radius 1 is 1.17 bits per heavy atom. The second-order valence-corrected chi connectivity index (χ2v) is 6.51. The summed E-state index contributed by atoms with van der Waals surface area (Å²) < 4.78 is 39.5. The van der Waals surface area contributed by atoms with Crippen molar-refractivity contribution in [1.82, 2.24) is 9.55 Å². The second-order valence-electron chi connectivity index (χ2n) is 6.51. The molecule has 2 rings (SSSR count). The molecule has 1 aromatic heterocycles. The average molecular weight is 414 g/mol. The van der Waals surface area contributed by atoms with Crippen LogP contribution in [-0.2, 0) is 30.6 Å².